The maximum atomic E-state index is 13.7. The van der Waals surface area contributed by atoms with Crippen LogP contribution in [0, 0.1) is 6.92 Å². The maximum absolute atomic E-state index is 13.7. The van der Waals surface area contributed by atoms with Crippen LogP contribution in [0.4, 0.5) is 0 Å². The average molecular weight is 476 g/mol. The number of fused-ring (bicyclic) bond motifs is 1. The molecule has 1 fully saturated rings. The third kappa shape index (κ3) is 4.04. The second kappa shape index (κ2) is 9.33. The number of hydrogen-bond acceptors (Lipinski definition) is 7. The van der Waals surface area contributed by atoms with Crippen molar-refractivity contribution in [3.05, 3.63) is 80.6 Å². The lowest BCUT2D eigenvalue weighted by atomic mass is 9.91. The number of aryl methyl sites for hydroxylation is 2. The summed E-state index contributed by atoms with van der Waals surface area (Å²) in [7, 11) is 2.13. The minimum absolute atomic E-state index is 0.114. The molecule has 4 aromatic rings. The Hall–Kier alpha value is -3.00. The molecule has 1 N–H and O–H groups in total. The molecular formula is C27H29N3O3S. The van der Waals surface area contributed by atoms with Crippen molar-refractivity contribution in [2.45, 2.75) is 26.3 Å². The van der Waals surface area contributed by atoms with Gasteiger partial charge >= 0.3 is 0 Å². The summed E-state index contributed by atoms with van der Waals surface area (Å²) in [6.07, 6.45) is 2.11. The molecule has 6 nitrogen and oxygen atoms in total. The fourth-order valence-corrected chi connectivity index (χ4v) is 5.57. The summed E-state index contributed by atoms with van der Waals surface area (Å²) < 4.78 is 6.18. The van der Waals surface area contributed by atoms with E-state index in [4.69, 9.17) is 4.42 Å². The SMILES string of the molecule is CCc1cc2c(=O)c(-c3nc(C)cs3)coc2c(C(c2ccccc2)N2CCN(C)CC2)c1O. The quantitative estimate of drug-likeness (QED) is 0.446. The number of hydrogen-bond donors (Lipinski definition) is 1. The largest absolute Gasteiger partial charge is 0.507 e. The van der Waals surface area contributed by atoms with E-state index in [-0.39, 0.29) is 17.2 Å². The molecule has 3 heterocycles. The number of nitrogens with zero attached hydrogens (tertiary/aromatic N) is 3. The lowest BCUT2D eigenvalue weighted by Crippen LogP contribution is -2.46. The zero-order valence-electron chi connectivity index (χ0n) is 19.7. The Kier molecular flexibility index (Phi) is 6.25. The van der Waals surface area contributed by atoms with Gasteiger partial charge in [0.1, 0.15) is 22.6 Å². The lowest BCUT2D eigenvalue weighted by Gasteiger charge is -2.38. The number of piperazine rings is 1. The number of phenolic OH excluding ortho intramolecular Hbond substituents is 1. The van der Waals surface area contributed by atoms with Crippen LogP contribution in [0.15, 0.2) is 57.3 Å². The lowest BCUT2D eigenvalue weighted by molar-refractivity contribution is 0.126. The summed E-state index contributed by atoms with van der Waals surface area (Å²) in [5, 5.41) is 14.5. The summed E-state index contributed by atoms with van der Waals surface area (Å²) in [5.74, 6) is 0.212. The molecule has 2 aromatic heterocycles. The molecule has 176 valence electrons. The number of likely N-dealkylation sites (N-methyl/N-ethyl adjacent to an activating group) is 1. The Balaban J connectivity index is 1.77. The first-order chi connectivity index (χ1) is 16.5. The van der Waals surface area contributed by atoms with Gasteiger partial charge in [-0.1, -0.05) is 37.3 Å². The van der Waals surface area contributed by atoms with E-state index in [1.54, 1.807) is 6.07 Å². The number of phenols is 1. The van der Waals surface area contributed by atoms with Crippen molar-refractivity contribution < 1.29 is 9.52 Å². The van der Waals surface area contributed by atoms with Gasteiger partial charge in [-0.3, -0.25) is 9.69 Å². The molecule has 5 rings (SSSR count). The molecule has 1 unspecified atom stereocenters. The van der Waals surface area contributed by atoms with Gasteiger partial charge in [0.15, 0.2) is 0 Å². The summed E-state index contributed by atoms with van der Waals surface area (Å²) in [5.41, 5.74) is 4.15. The van der Waals surface area contributed by atoms with Gasteiger partial charge in [-0.2, -0.15) is 0 Å². The van der Waals surface area contributed by atoms with E-state index in [0.717, 1.165) is 43.0 Å². The fourth-order valence-electron chi connectivity index (χ4n) is 4.77. The molecule has 0 spiro atoms. The van der Waals surface area contributed by atoms with E-state index in [2.05, 4.69) is 34.0 Å². The highest BCUT2D eigenvalue weighted by atomic mass is 32.1. The fraction of sp³-hybridized carbons (Fsp3) is 0.333. The highest BCUT2D eigenvalue weighted by Gasteiger charge is 2.32. The van der Waals surface area contributed by atoms with Gasteiger partial charge in [0.05, 0.1) is 22.6 Å². The van der Waals surface area contributed by atoms with Crippen molar-refractivity contribution >= 4 is 22.3 Å². The summed E-state index contributed by atoms with van der Waals surface area (Å²) in [4.78, 5) is 22.8. The van der Waals surface area contributed by atoms with E-state index < -0.39 is 0 Å². The van der Waals surface area contributed by atoms with Crippen molar-refractivity contribution in [1.82, 2.24) is 14.8 Å². The van der Waals surface area contributed by atoms with Crippen LogP contribution >= 0.6 is 11.3 Å². The predicted octanol–water partition coefficient (Wildman–Crippen LogP) is 4.83. The van der Waals surface area contributed by atoms with Crippen molar-refractivity contribution in [3.8, 4) is 16.3 Å². The van der Waals surface area contributed by atoms with Gasteiger partial charge in [-0.25, -0.2) is 4.98 Å². The first-order valence-corrected chi connectivity index (χ1v) is 12.6. The van der Waals surface area contributed by atoms with Gasteiger partial charge in [-0.15, -0.1) is 11.3 Å². The summed E-state index contributed by atoms with van der Waals surface area (Å²) in [6, 6.07) is 11.7. The van der Waals surface area contributed by atoms with Crippen LogP contribution < -0.4 is 5.43 Å². The van der Waals surface area contributed by atoms with E-state index in [1.165, 1.54) is 17.6 Å². The van der Waals surface area contributed by atoms with Crippen LogP contribution in [0.2, 0.25) is 0 Å². The molecule has 1 saturated heterocycles. The third-order valence-corrected chi connectivity index (χ3v) is 7.67. The minimum atomic E-state index is -0.222. The first-order valence-electron chi connectivity index (χ1n) is 11.7. The zero-order valence-corrected chi connectivity index (χ0v) is 20.6. The Morgan fingerprint density at radius 2 is 1.91 bits per heavy atom. The molecule has 1 aliphatic rings. The van der Waals surface area contributed by atoms with Gasteiger partial charge in [0, 0.05) is 37.3 Å². The molecule has 34 heavy (non-hydrogen) atoms. The molecule has 0 bridgehead atoms. The number of benzene rings is 2. The van der Waals surface area contributed by atoms with Crippen molar-refractivity contribution in [2.24, 2.45) is 0 Å². The van der Waals surface area contributed by atoms with E-state index >= 15 is 0 Å². The number of thiazole rings is 1. The molecule has 0 aliphatic carbocycles. The molecule has 0 amide bonds. The number of rotatable bonds is 5. The van der Waals surface area contributed by atoms with Crippen molar-refractivity contribution in [3.63, 3.8) is 0 Å². The van der Waals surface area contributed by atoms with E-state index in [0.29, 0.717) is 33.5 Å². The first kappa shape index (κ1) is 22.8. The second-order valence-electron chi connectivity index (χ2n) is 8.95. The topological polar surface area (TPSA) is 69.8 Å². The predicted molar refractivity (Wildman–Crippen MR) is 137 cm³/mol. The Morgan fingerprint density at radius 3 is 2.56 bits per heavy atom. The third-order valence-electron chi connectivity index (χ3n) is 6.67. The van der Waals surface area contributed by atoms with Crippen LogP contribution in [0.1, 0.15) is 35.3 Å². The second-order valence-corrected chi connectivity index (χ2v) is 9.81. The number of aromatic nitrogens is 1. The van der Waals surface area contributed by atoms with Crippen LogP contribution in [0.25, 0.3) is 21.5 Å². The number of aromatic hydroxyl groups is 1. The van der Waals surface area contributed by atoms with Gasteiger partial charge < -0.3 is 14.4 Å². The van der Waals surface area contributed by atoms with Crippen molar-refractivity contribution in [1.29, 1.82) is 0 Å². The monoisotopic (exact) mass is 475 g/mol. The maximum Gasteiger partial charge on any atom is 0.202 e. The van der Waals surface area contributed by atoms with Crippen LogP contribution in [-0.4, -0.2) is 53.1 Å². The zero-order chi connectivity index (χ0) is 23.8. The standard InChI is InChI=1S/C27H29N3O3S/c1-4-18-14-20-25(32)21(27-28-17(2)16-34-27)15-33-26(20)22(24(18)31)23(19-8-6-5-7-9-19)30-12-10-29(3)11-13-30/h5-9,14-16,23,31H,4,10-13H2,1-3H3. The molecule has 0 radical (unpaired) electrons. The van der Waals surface area contributed by atoms with E-state index in [9.17, 15) is 9.90 Å². The van der Waals surface area contributed by atoms with Crippen LogP contribution in [0.5, 0.6) is 5.75 Å². The Bertz CT molecular complexity index is 1370. The molecular weight excluding hydrogens is 446 g/mol. The molecule has 1 atom stereocenters. The minimum Gasteiger partial charge on any atom is -0.507 e. The van der Waals surface area contributed by atoms with Gasteiger partial charge in [-0.05, 0) is 37.6 Å². The Morgan fingerprint density at radius 1 is 1.18 bits per heavy atom. The van der Waals surface area contributed by atoms with Crippen LogP contribution in [-0.2, 0) is 6.42 Å². The van der Waals surface area contributed by atoms with Gasteiger partial charge in [0.2, 0.25) is 5.43 Å². The molecule has 0 saturated carbocycles. The van der Waals surface area contributed by atoms with Crippen molar-refractivity contribution in [2.75, 3.05) is 33.2 Å². The van der Waals surface area contributed by atoms with Gasteiger partial charge in [0.25, 0.3) is 0 Å². The smallest absolute Gasteiger partial charge is 0.202 e. The molecule has 2 aromatic carbocycles. The highest BCUT2D eigenvalue weighted by molar-refractivity contribution is 7.13. The normalized spacial score (nSPS) is 16.2. The highest BCUT2D eigenvalue weighted by Crippen LogP contribution is 2.42. The van der Waals surface area contributed by atoms with Crippen LogP contribution in [0.3, 0.4) is 0 Å². The average Bonchev–Trinajstić information content (AvgIpc) is 3.28. The molecule has 7 heteroatoms. The summed E-state index contributed by atoms with van der Waals surface area (Å²) in [6.45, 7) is 7.49. The molecule has 1 aliphatic heterocycles. The Labute approximate surface area is 203 Å². The summed E-state index contributed by atoms with van der Waals surface area (Å²) >= 11 is 1.44. The van der Waals surface area contributed by atoms with E-state index in [1.807, 2.05) is 37.4 Å².